The Hall–Kier alpha value is -0.910. The van der Waals surface area contributed by atoms with Crippen molar-refractivity contribution in [1.29, 1.82) is 0 Å². The predicted octanol–water partition coefficient (Wildman–Crippen LogP) is 3.38. The van der Waals surface area contributed by atoms with Gasteiger partial charge in [-0.2, -0.15) is 8.42 Å². The van der Waals surface area contributed by atoms with Gasteiger partial charge in [0.25, 0.3) is 10.1 Å². The molecule has 1 aromatic carbocycles. The maximum Gasteiger partial charge on any atom is 0.265 e. The van der Waals surface area contributed by atoms with Crippen LogP contribution in [-0.4, -0.2) is 25.3 Å². The largest absolute Gasteiger partial charge is 0.330 e. The lowest BCUT2D eigenvalue weighted by Gasteiger charge is -2.63. The monoisotopic (exact) mass is 363 g/mol. The first-order chi connectivity index (χ1) is 11.8. The van der Waals surface area contributed by atoms with E-state index < -0.39 is 10.1 Å². The van der Waals surface area contributed by atoms with E-state index in [0.717, 1.165) is 24.7 Å². The first kappa shape index (κ1) is 17.5. The van der Waals surface area contributed by atoms with Crippen molar-refractivity contribution in [3.8, 4) is 0 Å². The van der Waals surface area contributed by atoms with E-state index in [4.69, 9.17) is 5.73 Å². The van der Waals surface area contributed by atoms with E-state index in [1.54, 1.807) is 0 Å². The fraction of sp³-hybridized carbons (Fsp3) is 0.700. The van der Waals surface area contributed by atoms with Gasteiger partial charge in [0.1, 0.15) is 0 Å². The molecule has 4 nitrogen and oxygen atoms in total. The average Bonchev–Trinajstić information content (AvgIpc) is 2.52. The highest BCUT2D eigenvalue weighted by Crippen LogP contribution is 2.67. The minimum atomic E-state index is -3.97. The fourth-order valence-electron chi connectivity index (χ4n) is 6.94. The molecular weight excluding hydrogens is 334 g/mol. The van der Waals surface area contributed by atoms with Gasteiger partial charge in [-0.3, -0.25) is 4.55 Å². The minimum Gasteiger partial charge on any atom is -0.330 e. The number of nitrogens with two attached hydrogens (primary N) is 1. The minimum absolute atomic E-state index is 0.140. The van der Waals surface area contributed by atoms with Crippen LogP contribution >= 0.6 is 0 Å². The van der Waals surface area contributed by atoms with Crippen molar-refractivity contribution in [2.45, 2.75) is 50.4 Å². The van der Waals surface area contributed by atoms with Crippen molar-refractivity contribution in [3.63, 3.8) is 0 Å². The Labute approximate surface area is 150 Å². The molecule has 0 aliphatic heterocycles. The van der Waals surface area contributed by atoms with E-state index in [9.17, 15) is 13.0 Å². The Kier molecular flexibility index (Phi) is 4.25. The summed E-state index contributed by atoms with van der Waals surface area (Å²) in [5.41, 5.74) is 7.81. The van der Waals surface area contributed by atoms with Crippen LogP contribution in [0.15, 0.2) is 30.3 Å². The highest BCUT2D eigenvalue weighted by Gasteiger charge is 2.58. The van der Waals surface area contributed by atoms with Crippen LogP contribution in [0.2, 0.25) is 0 Å². The predicted molar refractivity (Wildman–Crippen MR) is 98.8 cm³/mol. The van der Waals surface area contributed by atoms with Crippen molar-refractivity contribution in [2.75, 3.05) is 12.3 Å². The Morgan fingerprint density at radius 3 is 2.32 bits per heavy atom. The van der Waals surface area contributed by atoms with Crippen LogP contribution in [-0.2, 0) is 15.5 Å². The maximum absolute atomic E-state index is 11.4. The summed E-state index contributed by atoms with van der Waals surface area (Å²) in [6.45, 7) is 0.329. The third-order valence-corrected chi connectivity index (χ3v) is 7.96. The highest BCUT2D eigenvalue weighted by atomic mass is 32.2. The Bertz CT molecular complexity index is 717. The van der Waals surface area contributed by atoms with Crippen LogP contribution in [0.25, 0.3) is 0 Å². The molecule has 5 rings (SSSR count). The highest BCUT2D eigenvalue weighted by molar-refractivity contribution is 7.85. The van der Waals surface area contributed by atoms with Gasteiger partial charge in [-0.05, 0) is 85.6 Å². The zero-order valence-corrected chi connectivity index (χ0v) is 15.5. The molecule has 0 spiro atoms. The second-order valence-electron chi connectivity index (χ2n) is 9.16. The van der Waals surface area contributed by atoms with Crippen LogP contribution in [0.3, 0.4) is 0 Å². The normalized spacial score (nSPS) is 38.0. The molecule has 3 N–H and O–H groups in total. The molecule has 4 fully saturated rings. The maximum atomic E-state index is 11.4. The SMILES string of the molecule is NCC(CC12CC3CC(C1)CC(c1ccccc1)(C3)C2)CS(=O)(=O)O. The second-order valence-corrected chi connectivity index (χ2v) is 10.7. The summed E-state index contributed by atoms with van der Waals surface area (Å²) in [5.74, 6) is 1.18. The second kappa shape index (κ2) is 6.07. The van der Waals surface area contributed by atoms with Gasteiger partial charge in [0, 0.05) is 0 Å². The molecule has 3 unspecified atom stereocenters. The molecule has 25 heavy (non-hydrogen) atoms. The van der Waals surface area contributed by atoms with Crippen LogP contribution in [0, 0.1) is 23.2 Å². The van der Waals surface area contributed by atoms with Crippen molar-refractivity contribution >= 4 is 10.1 Å². The molecule has 4 aliphatic carbocycles. The molecule has 138 valence electrons. The molecule has 4 bridgehead atoms. The van der Waals surface area contributed by atoms with E-state index >= 15 is 0 Å². The lowest BCUT2D eigenvalue weighted by molar-refractivity contribution is -0.0818. The van der Waals surface area contributed by atoms with Gasteiger partial charge in [-0.1, -0.05) is 30.3 Å². The van der Waals surface area contributed by atoms with Gasteiger partial charge in [0.05, 0.1) is 5.75 Å². The summed E-state index contributed by atoms with van der Waals surface area (Å²) in [6.07, 6.45) is 8.30. The summed E-state index contributed by atoms with van der Waals surface area (Å²) < 4.78 is 32.0. The van der Waals surface area contributed by atoms with Crippen LogP contribution in [0.5, 0.6) is 0 Å². The van der Waals surface area contributed by atoms with Gasteiger partial charge in [0.2, 0.25) is 0 Å². The Morgan fingerprint density at radius 2 is 1.76 bits per heavy atom. The van der Waals surface area contributed by atoms with Gasteiger partial charge in [0.15, 0.2) is 0 Å². The smallest absolute Gasteiger partial charge is 0.265 e. The molecular formula is C20H29NO3S. The summed E-state index contributed by atoms with van der Waals surface area (Å²) in [5, 5.41) is 0. The topological polar surface area (TPSA) is 80.4 Å². The number of benzene rings is 1. The van der Waals surface area contributed by atoms with E-state index in [-0.39, 0.29) is 22.5 Å². The third-order valence-electron chi connectivity index (χ3n) is 7.07. The van der Waals surface area contributed by atoms with Crippen molar-refractivity contribution in [2.24, 2.45) is 28.9 Å². The van der Waals surface area contributed by atoms with E-state index in [1.165, 1.54) is 37.7 Å². The third kappa shape index (κ3) is 3.38. The first-order valence-corrected chi connectivity index (χ1v) is 11.1. The standard InChI is InChI=1S/C20H29NO3S/c21-12-17(13-25(22,23)24)9-19-7-15-6-16(8-19)11-20(10-15,14-19)18-4-2-1-3-5-18/h1-5,15-17H,6-14,21H2,(H,22,23,24). The molecule has 0 radical (unpaired) electrons. The first-order valence-electron chi connectivity index (χ1n) is 9.52. The Balaban J connectivity index is 1.62. The van der Waals surface area contributed by atoms with E-state index in [1.807, 2.05) is 0 Å². The summed E-state index contributed by atoms with van der Waals surface area (Å²) >= 11 is 0. The molecule has 5 heteroatoms. The molecule has 1 aromatic rings. The molecule has 0 aromatic heterocycles. The molecule has 3 atom stereocenters. The zero-order valence-electron chi connectivity index (χ0n) is 14.7. The summed E-state index contributed by atoms with van der Waals surface area (Å²) in [6, 6.07) is 10.9. The van der Waals surface area contributed by atoms with E-state index in [0.29, 0.717) is 6.54 Å². The van der Waals surface area contributed by atoms with Gasteiger partial charge in [-0.15, -0.1) is 0 Å². The van der Waals surface area contributed by atoms with E-state index in [2.05, 4.69) is 30.3 Å². The molecule has 0 amide bonds. The molecule has 0 heterocycles. The lowest BCUT2D eigenvalue weighted by Crippen LogP contribution is -2.54. The van der Waals surface area contributed by atoms with Crippen LogP contribution in [0.1, 0.15) is 50.5 Å². The van der Waals surface area contributed by atoms with Gasteiger partial charge >= 0.3 is 0 Å². The number of rotatable bonds is 6. The van der Waals surface area contributed by atoms with Crippen LogP contribution < -0.4 is 5.73 Å². The number of hydrogen-bond acceptors (Lipinski definition) is 3. The van der Waals surface area contributed by atoms with Crippen molar-refractivity contribution in [3.05, 3.63) is 35.9 Å². The molecule has 0 saturated heterocycles. The zero-order chi connectivity index (χ0) is 17.7. The van der Waals surface area contributed by atoms with Gasteiger partial charge in [-0.25, -0.2) is 0 Å². The summed E-state index contributed by atoms with van der Waals surface area (Å²) in [7, 11) is -3.97. The quantitative estimate of drug-likeness (QED) is 0.759. The fourth-order valence-corrected chi connectivity index (χ4v) is 7.79. The van der Waals surface area contributed by atoms with Crippen LogP contribution in [0.4, 0.5) is 0 Å². The van der Waals surface area contributed by atoms with Crippen molar-refractivity contribution in [1.82, 2.24) is 0 Å². The van der Waals surface area contributed by atoms with Crippen molar-refractivity contribution < 1.29 is 13.0 Å². The molecule has 4 aliphatic rings. The summed E-state index contributed by atoms with van der Waals surface area (Å²) in [4.78, 5) is 0. The Morgan fingerprint density at radius 1 is 1.12 bits per heavy atom. The average molecular weight is 364 g/mol. The van der Waals surface area contributed by atoms with Gasteiger partial charge < -0.3 is 5.73 Å². The molecule has 4 saturated carbocycles. The lowest BCUT2D eigenvalue weighted by atomic mass is 9.42. The number of hydrogen-bond donors (Lipinski definition) is 2.